The van der Waals surface area contributed by atoms with Crippen LogP contribution in [0.15, 0.2) is 18.2 Å². The second kappa shape index (κ2) is 6.76. The lowest BCUT2D eigenvalue weighted by Gasteiger charge is -2.19. The first-order valence-electron chi connectivity index (χ1n) is 7.43. The van der Waals surface area contributed by atoms with Crippen LogP contribution in [-0.2, 0) is 9.59 Å². The number of amides is 3. The van der Waals surface area contributed by atoms with Crippen LogP contribution in [0.5, 0.6) is 0 Å². The van der Waals surface area contributed by atoms with Gasteiger partial charge < -0.3 is 10.2 Å². The first kappa shape index (κ1) is 16.7. The molecule has 2 fully saturated rings. The molecule has 1 aromatic carbocycles. The molecule has 1 aromatic rings. The first-order valence-corrected chi connectivity index (χ1v) is 8.42. The van der Waals surface area contributed by atoms with Gasteiger partial charge in [0.2, 0.25) is 11.0 Å². The quantitative estimate of drug-likeness (QED) is 0.885. The molecule has 0 unspecified atom stereocenters. The number of halogens is 2. The van der Waals surface area contributed by atoms with Crippen LogP contribution in [0.3, 0.4) is 0 Å². The zero-order chi connectivity index (χ0) is 17.3. The first-order chi connectivity index (χ1) is 11.5. The van der Waals surface area contributed by atoms with Crippen LogP contribution in [0.2, 0.25) is 0 Å². The average Bonchev–Trinajstić information content (AvgIpc) is 3.10. The molecule has 1 N–H and O–H groups in total. The van der Waals surface area contributed by atoms with E-state index >= 15 is 0 Å². The number of hydrogen-bond donors (Lipinski definition) is 1. The van der Waals surface area contributed by atoms with Crippen molar-refractivity contribution in [1.82, 2.24) is 10.2 Å². The van der Waals surface area contributed by atoms with E-state index in [1.54, 1.807) is 0 Å². The molecule has 2 aliphatic rings. The fourth-order valence-corrected chi connectivity index (χ4v) is 3.59. The van der Waals surface area contributed by atoms with E-state index in [1.807, 2.05) is 0 Å². The van der Waals surface area contributed by atoms with Crippen molar-refractivity contribution in [3.05, 3.63) is 29.8 Å². The number of hydrogen-bond acceptors (Lipinski definition) is 4. The third kappa shape index (κ3) is 3.35. The SMILES string of the molecule is O=C(CN1CCN(c2ccc(F)c(F)c2)C1=O)N[C@H]1CCSC1=O. The van der Waals surface area contributed by atoms with E-state index in [4.69, 9.17) is 0 Å². The van der Waals surface area contributed by atoms with Crippen molar-refractivity contribution in [2.24, 2.45) is 0 Å². The Kier molecular flexibility index (Phi) is 4.70. The summed E-state index contributed by atoms with van der Waals surface area (Å²) in [6.07, 6.45) is 0.587. The van der Waals surface area contributed by atoms with Crippen molar-refractivity contribution in [1.29, 1.82) is 0 Å². The van der Waals surface area contributed by atoms with E-state index in [-0.39, 0.29) is 23.9 Å². The zero-order valence-corrected chi connectivity index (χ0v) is 13.4. The van der Waals surface area contributed by atoms with Gasteiger partial charge in [0, 0.05) is 30.6 Å². The van der Waals surface area contributed by atoms with Gasteiger partial charge in [-0.1, -0.05) is 11.8 Å². The van der Waals surface area contributed by atoms with Crippen molar-refractivity contribution in [2.45, 2.75) is 12.5 Å². The molecule has 2 saturated heterocycles. The maximum atomic E-state index is 13.3. The largest absolute Gasteiger partial charge is 0.344 e. The summed E-state index contributed by atoms with van der Waals surface area (Å²) in [5.74, 6) is -1.75. The molecule has 9 heteroatoms. The molecule has 0 radical (unpaired) electrons. The fourth-order valence-electron chi connectivity index (χ4n) is 2.66. The lowest BCUT2D eigenvalue weighted by atomic mass is 10.2. The Balaban J connectivity index is 1.60. The average molecular weight is 355 g/mol. The Morgan fingerprint density at radius 2 is 2.04 bits per heavy atom. The molecule has 1 atom stereocenters. The number of nitrogens with one attached hydrogen (secondary N) is 1. The molecule has 6 nitrogen and oxygen atoms in total. The molecule has 3 amide bonds. The van der Waals surface area contributed by atoms with Gasteiger partial charge in [0.05, 0.1) is 6.04 Å². The fraction of sp³-hybridized carbons (Fsp3) is 0.400. The van der Waals surface area contributed by atoms with Crippen molar-refractivity contribution >= 4 is 34.5 Å². The van der Waals surface area contributed by atoms with E-state index in [0.29, 0.717) is 18.7 Å². The number of urea groups is 1. The van der Waals surface area contributed by atoms with Gasteiger partial charge in [-0.3, -0.25) is 14.5 Å². The van der Waals surface area contributed by atoms with Gasteiger partial charge in [-0.2, -0.15) is 0 Å². The van der Waals surface area contributed by atoms with Gasteiger partial charge in [-0.25, -0.2) is 13.6 Å². The van der Waals surface area contributed by atoms with Crippen molar-refractivity contribution in [3.8, 4) is 0 Å². The van der Waals surface area contributed by atoms with Crippen molar-refractivity contribution < 1.29 is 23.2 Å². The van der Waals surface area contributed by atoms with E-state index in [9.17, 15) is 23.2 Å². The summed E-state index contributed by atoms with van der Waals surface area (Å²) in [5.41, 5.74) is 0.240. The van der Waals surface area contributed by atoms with Gasteiger partial charge in [0.25, 0.3) is 0 Å². The highest BCUT2D eigenvalue weighted by Crippen LogP contribution is 2.23. The van der Waals surface area contributed by atoms with Crippen molar-refractivity contribution in [2.75, 3.05) is 30.3 Å². The lowest BCUT2D eigenvalue weighted by molar-refractivity contribution is -0.124. The summed E-state index contributed by atoms with van der Waals surface area (Å²) >= 11 is 1.18. The Morgan fingerprint density at radius 3 is 2.71 bits per heavy atom. The summed E-state index contributed by atoms with van der Waals surface area (Å²) in [5, 5.41) is 2.55. The molecule has 128 valence electrons. The van der Waals surface area contributed by atoms with Crippen LogP contribution in [0.1, 0.15) is 6.42 Å². The van der Waals surface area contributed by atoms with Crippen LogP contribution in [0.25, 0.3) is 0 Å². The molecule has 0 saturated carbocycles. The molecule has 0 aliphatic carbocycles. The predicted molar refractivity (Wildman–Crippen MR) is 84.7 cm³/mol. The predicted octanol–water partition coefficient (Wildman–Crippen LogP) is 1.36. The zero-order valence-electron chi connectivity index (χ0n) is 12.6. The second-order valence-electron chi connectivity index (χ2n) is 5.53. The van der Waals surface area contributed by atoms with E-state index in [1.165, 1.54) is 27.6 Å². The van der Waals surface area contributed by atoms with Gasteiger partial charge in [0.1, 0.15) is 6.54 Å². The summed E-state index contributed by atoms with van der Waals surface area (Å²) in [4.78, 5) is 38.4. The molecule has 24 heavy (non-hydrogen) atoms. The number of carbonyl (C=O) groups is 3. The van der Waals surface area contributed by atoms with Crippen LogP contribution >= 0.6 is 11.8 Å². The Bertz CT molecular complexity index is 701. The number of thioether (sulfide) groups is 1. The van der Waals surface area contributed by atoms with Gasteiger partial charge in [0.15, 0.2) is 11.6 Å². The van der Waals surface area contributed by atoms with E-state index < -0.39 is 29.6 Å². The highest BCUT2D eigenvalue weighted by Gasteiger charge is 2.33. The molecular formula is C15H15F2N3O3S. The summed E-state index contributed by atoms with van der Waals surface area (Å²) in [6, 6.07) is 2.27. The topological polar surface area (TPSA) is 69.7 Å². The molecule has 2 aliphatic heterocycles. The minimum atomic E-state index is -1.03. The smallest absolute Gasteiger partial charge is 0.325 e. The molecule has 2 heterocycles. The molecule has 0 spiro atoms. The molecule has 0 bridgehead atoms. The molecule has 0 aromatic heterocycles. The number of benzene rings is 1. The highest BCUT2D eigenvalue weighted by atomic mass is 32.2. The van der Waals surface area contributed by atoms with Crippen LogP contribution in [-0.4, -0.2) is 53.4 Å². The number of carbonyl (C=O) groups excluding carboxylic acids is 3. The normalized spacial score (nSPS) is 20.8. The van der Waals surface area contributed by atoms with Crippen molar-refractivity contribution in [3.63, 3.8) is 0 Å². The standard InChI is InChI=1S/C15H15F2N3O3S/c16-10-2-1-9(7-11(10)17)20-5-4-19(15(20)23)8-13(21)18-12-3-6-24-14(12)22/h1-2,7,12H,3-6,8H2,(H,18,21)/t12-/m0/s1. The number of anilines is 1. The summed E-state index contributed by atoms with van der Waals surface area (Å²) in [6.45, 7) is 0.390. The Labute approximate surface area is 141 Å². The lowest BCUT2D eigenvalue weighted by Crippen LogP contribution is -2.44. The Hall–Kier alpha value is -2.16. The Morgan fingerprint density at radius 1 is 1.25 bits per heavy atom. The highest BCUT2D eigenvalue weighted by molar-refractivity contribution is 8.14. The third-order valence-electron chi connectivity index (χ3n) is 3.91. The maximum absolute atomic E-state index is 13.3. The number of nitrogens with zero attached hydrogens (tertiary/aromatic N) is 2. The minimum Gasteiger partial charge on any atom is -0.344 e. The number of rotatable bonds is 4. The van der Waals surface area contributed by atoms with E-state index in [0.717, 1.165) is 12.1 Å². The third-order valence-corrected chi connectivity index (χ3v) is 4.92. The molecular weight excluding hydrogens is 340 g/mol. The maximum Gasteiger partial charge on any atom is 0.325 e. The second-order valence-corrected chi connectivity index (χ2v) is 6.63. The molecule has 3 rings (SSSR count). The van der Waals surface area contributed by atoms with Crippen LogP contribution in [0.4, 0.5) is 19.3 Å². The van der Waals surface area contributed by atoms with Gasteiger partial charge in [-0.15, -0.1) is 0 Å². The van der Waals surface area contributed by atoms with Crippen LogP contribution in [0, 0.1) is 11.6 Å². The van der Waals surface area contributed by atoms with Gasteiger partial charge >= 0.3 is 6.03 Å². The summed E-state index contributed by atoms with van der Waals surface area (Å²) < 4.78 is 26.3. The van der Waals surface area contributed by atoms with E-state index in [2.05, 4.69) is 5.32 Å². The van der Waals surface area contributed by atoms with Gasteiger partial charge in [-0.05, 0) is 18.6 Å². The monoisotopic (exact) mass is 355 g/mol. The summed E-state index contributed by atoms with van der Waals surface area (Å²) in [7, 11) is 0. The minimum absolute atomic E-state index is 0.0699. The van der Waals surface area contributed by atoms with Crippen LogP contribution < -0.4 is 10.2 Å².